The molecule has 116 valence electrons. The van der Waals surface area contributed by atoms with Crippen molar-refractivity contribution in [1.82, 2.24) is 5.32 Å². The third-order valence-electron chi connectivity index (χ3n) is 3.19. The van der Waals surface area contributed by atoms with E-state index in [0.717, 1.165) is 24.3 Å². The number of hydrogen-bond donors (Lipinski definition) is 1. The molecule has 0 aromatic heterocycles. The van der Waals surface area contributed by atoms with E-state index in [1.54, 1.807) is 6.92 Å². The van der Waals surface area contributed by atoms with Crippen LogP contribution >= 0.6 is 0 Å². The van der Waals surface area contributed by atoms with Gasteiger partial charge in [-0.2, -0.15) is 13.2 Å². The second kappa shape index (κ2) is 6.17. The largest absolute Gasteiger partial charge is 0.416 e. The number of hydrogen-bond acceptors (Lipinski definition) is 1. The number of carbonyl (C=O) groups excluding carboxylic acids is 1. The maximum Gasteiger partial charge on any atom is 0.416 e. The number of rotatable bonds is 3. The SMILES string of the molecule is C[C@H](NC(=O)c1ccc(C(F)(F)F)cc1)c1ccc(F)cc1. The smallest absolute Gasteiger partial charge is 0.346 e. The van der Waals surface area contributed by atoms with Crippen molar-refractivity contribution in [3.05, 3.63) is 71.0 Å². The lowest BCUT2D eigenvalue weighted by atomic mass is 10.1. The van der Waals surface area contributed by atoms with Crippen molar-refractivity contribution in [3.8, 4) is 0 Å². The number of nitrogens with one attached hydrogen (secondary N) is 1. The molecule has 2 nitrogen and oxygen atoms in total. The molecule has 6 heteroatoms. The van der Waals surface area contributed by atoms with Crippen LogP contribution in [0.1, 0.15) is 34.5 Å². The van der Waals surface area contributed by atoms with Gasteiger partial charge in [-0.3, -0.25) is 4.79 Å². The normalized spacial score (nSPS) is 12.8. The van der Waals surface area contributed by atoms with Crippen molar-refractivity contribution < 1.29 is 22.4 Å². The standard InChI is InChI=1S/C16H13F4NO/c1-10(11-4-8-14(17)9-5-11)21-15(22)12-2-6-13(7-3-12)16(18,19)20/h2-10H,1H3,(H,21,22)/t10-/m0/s1. The van der Waals surface area contributed by atoms with Crippen molar-refractivity contribution >= 4 is 5.91 Å². The van der Waals surface area contributed by atoms with Crippen LogP contribution in [0.3, 0.4) is 0 Å². The molecule has 0 spiro atoms. The van der Waals surface area contributed by atoms with Gasteiger partial charge in [-0.05, 0) is 48.9 Å². The summed E-state index contributed by atoms with van der Waals surface area (Å²) in [6.45, 7) is 1.70. The van der Waals surface area contributed by atoms with E-state index in [1.807, 2.05) is 0 Å². The minimum Gasteiger partial charge on any atom is -0.346 e. The highest BCUT2D eigenvalue weighted by Crippen LogP contribution is 2.29. The van der Waals surface area contributed by atoms with Crippen molar-refractivity contribution in [3.63, 3.8) is 0 Å². The van der Waals surface area contributed by atoms with E-state index in [2.05, 4.69) is 5.32 Å². The first-order valence-corrected chi connectivity index (χ1v) is 6.51. The van der Waals surface area contributed by atoms with Gasteiger partial charge in [0, 0.05) is 5.56 Å². The van der Waals surface area contributed by atoms with Gasteiger partial charge in [-0.25, -0.2) is 4.39 Å². The summed E-state index contributed by atoms with van der Waals surface area (Å²) in [7, 11) is 0. The van der Waals surface area contributed by atoms with Gasteiger partial charge in [-0.15, -0.1) is 0 Å². The lowest BCUT2D eigenvalue weighted by Gasteiger charge is -2.15. The van der Waals surface area contributed by atoms with E-state index in [-0.39, 0.29) is 11.4 Å². The van der Waals surface area contributed by atoms with Crippen LogP contribution < -0.4 is 5.32 Å². The van der Waals surface area contributed by atoms with E-state index in [9.17, 15) is 22.4 Å². The zero-order valence-electron chi connectivity index (χ0n) is 11.6. The molecule has 22 heavy (non-hydrogen) atoms. The third kappa shape index (κ3) is 3.84. The Labute approximate surface area is 124 Å². The number of carbonyl (C=O) groups is 1. The van der Waals surface area contributed by atoms with Crippen LogP contribution in [0.4, 0.5) is 17.6 Å². The molecule has 0 aliphatic heterocycles. The first-order chi connectivity index (χ1) is 10.3. The highest BCUT2D eigenvalue weighted by Gasteiger charge is 2.30. The predicted molar refractivity (Wildman–Crippen MR) is 73.7 cm³/mol. The van der Waals surface area contributed by atoms with Crippen molar-refractivity contribution in [1.29, 1.82) is 0 Å². The van der Waals surface area contributed by atoms with Gasteiger partial charge in [0.2, 0.25) is 0 Å². The Kier molecular flexibility index (Phi) is 4.49. The summed E-state index contributed by atoms with van der Waals surface area (Å²) in [5.74, 6) is -0.879. The maximum atomic E-state index is 12.8. The van der Waals surface area contributed by atoms with E-state index in [0.29, 0.717) is 5.56 Å². The van der Waals surface area contributed by atoms with E-state index >= 15 is 0 Å². The number of halogens is 4. The fourth-order valence-electron chi connectivity index (χ4n) is 1.93. The first kappa shape index (κ1) is 16.0. The Balaban J connectivity index is 2.07. The van der Waals surface area contributed by atoms with Gasteiger partial charge < -0.3 is 5.32 Å². The van der Waals surface area contributed by atoms with Gasteiger partial charge >= 0.3 is 6.18 Å². The highest BCUT2D eigenvalue weighted by molar-refractivity contribution is 5.94. The lowest BCUT2D eigenvalue weighted by molar-refractivity contribution is -0.137. The zero-order valence-corrected chi connectivity index (χ0v) is 11.6. The first-order valence-electron chi connectivity index (χ1n) is 6.51. The van der Waals surface area contributed by atoms with Crippen LogP contribution in [0.25, 0.3) is 0 Å². The quantitative estimate of drug-likeness (QED) is 0.840. The van der Waals surface area contributed by atoms with Crippen molar-refractivity contribution in [2.45, 2.75) is 19.1 Å². The molecule has 0 aliphatic rings. The predicted octanol–water partition coefficient (Wildman–Crippen LogP) is 4.34. The number of alkyl halides is 3. The fraction of sp³-hybridized carbons (Fsp3) is 0.188. The number of amides is 1. The van der Waals surface area contributed by atoms with Crippen LogP contribution in [0.2, 0.25) is 0 Å². The van der Waals surface area contributed by atoms with E-state index < -0.39 is 23.7 Å². The van der Waals surface area contributed by atoms with Gasteiger partial charge in [0.25, 0.3) is 5.91 Å². The molecule has 2 aromatic rings. The minimum absolute atomic E-state index is 0.127. The summed E-state index contributed by atoms with van der Waals surface area (Å²) in [6.07, 6.45) is -4.43. The third-order valence-corrected chi connectivity index (χ3v) is 3.19. The second-order valence-electron chi connectivity index (χ2n) is 4.82. The summed E-state index contributed by atoms with van der Waals surface area (Å²) < 4.78 is 50.2. The molecule has 1 N–H and O–H groups in total. The summed E-state index contributed by atoms with van der Waals surface area (Å²) in [6, 6.07) is 9.18. The molecular formula is C16H13F4NO. The topological polar surface area (TPSA) is 29.1 Å². The number of benzene rings is 2. The fourth-order valence-corrected chi connectivity index (χ4v) is 1.93. The Hall–Kier alpha value is -2.37. The van der Waals surface area contributed by atoms with E-state index in [1.165, 1.54) is 24.3 Å². The monoisotopic (exact) mass is 311 g/mol. The molecule has 0 bridgehead atoms. The lowest BCUT2D eigenvalue weighted by Crippen LogP contribution is -2.26. The molecule has 1 amide bonds. The van der Waals surface area contributed by atoms with Crippen LogP contribution in [0.5, 0.6) is 0 Å². The summed E-state index contributed by atoms with van der Waals surface area (Å²) in [5.41, 5.74) is 0.0132. The van der Waals surface area contributed by atoms with Gasteiger partial charge in [-0.1, -0.05) is 12.1 Å². The van der Waals surface area contributed by atoms with Crippen LogP contribution in [-0.4, -0.2) is 5.91 Å². The Morgan fingerprint density at radius 2 is 1.55 bits per heavy atom. The van der Waals surface area contributed by atoms with Crippen LogP contribution in [-0.2, 0) is 6.18 Å². The minimum atomic E-state index is -4.43. The molecule has 0 fully saturated rings. The van der Waals surface area contributed by atoms with Gasteiger partial charge in [0.15, 0.2) is 0 Å². The summed E-state index contributed by atoms with van der Waals surface area (Å²) in [4.78, 5) is 12.0. The van der Waals surface area contributed by atoms with Crippen LogP contribution in [0, 0.1) is 5.82 Å². The molecule has 2 aromatic carbocycles. The second-order valence-corrected chi connectivity index (χ2v) is 4.82. The highest BCUT2D eigenvalue weighted by atomic mass is 19.4. The summed E-state index contributed by atoms with van der Waals surface area (Å²) in [5, 5.41) is 2.65. The average Bonchev–Trinajstić information content (AvgIpc) is 2.47. The Morgan fingerprint density at radius 3 is 2.05 bits per heavy atom. The van der Waals surface area contributed by atoms with Crippen molar-refractivity contribution in [2.24, 2.45) is 0 Å². The molecule has 0 saturated heterocycles. The molecule has 0 heterocycles. The van der Waals surface area contributed by atoms with Gasteiger partial charge in [0.05, 0.1) is 11.6 Å². The molecule has 1 atom stereocenters. The molecule has 0 unspecified atom stereocenters. The Bertz CT molecular complexity index is 647. The molecule has 2 rings (SSSR count). The van der Waals surface area contributed by atoms with Crippen molar-refractivity contribution in [2.75, 3.05) is 0 Å². The molecule has 0 radical (unpaired) electrons. The zero-order chi connectivity index (χ0) is 16.3. The molecule has 0 saturated carbocycles. The van der Waals surface area contributed by atoms with E-state index in [4.69, 9.17) is 0 Å². The maximum absolute atomic E-state index is 12.8. The van der Waals surface area contributed by atoms with Gasteiger partial charge in [0.1, 0.15) is 5.82 Å². The molecular weight excluding hydrogens is 298 g/mol. The molecule has 0 aliphatic carbocycles. The Morgan fingerprint density at radius 1 is 1.00 bits per heavy atom. The van der Waals surface area contributed by atoms with Crippen LogP contribution in [0.15, 0.2) is 48.5 Å². The average molecular weight is 311 g/mol. The summed E-state index contributed by atoms with van der Waals surface area (Å²) >= 11 is 0.